The minimum Gasteiger partial charge on any atom is -0.373 e. The maximum Gasteiger partial charge on any atom is 0.180 e. The first kappa shape index (κ1) is 10.0. The summed E-state index contributed by atoms with van der Waals surface area (Å²) in [4.78, 5) is 15.4. The van der Waals surface area contributed by atoms with E-state index in [0.717, 1.165) is 25.0 Å². The van der Waals surface area contributed by atoms with E-state index in [1.54, 1.807) is 12.5 Å². The summed E-state index contributed by atoms with van der Waals surface area (Å²) in [5, 5.41) is 0. The molecule has 0 radical (unpaired) electrons. The van der Waals surface area contributed by atoms with Gasteiger partial charge in [-0.05, 0) is 6.42 Å². The number of aromatic amines is 1. The lowest BCUT2D eigenvalue weighted by molar-refractivity contribution is 0.113. The molecule has 0 amide bonds. The van der Waals surface area contributed by atoms with Crippen molar-refractivity contribution < 1.29 is 4.74 Å². The maximum absolute atomic E-state index is 5.42. The monoisotopic (exact) mass is 206 g/mol. The molecule has 0 atom stereocenters. The van der Waals surface area contributed by atoms with Crippen molar-refractivity contribution in [2.24, 2.45) is 0 Å². The van der Waals surface area contributed by atoms with Gasteiger partial charge in [0.25, 0.3) is 0 Å². The number of ether oxygens (including phenoxy) is 1. The van der Waals surface area contributed by atoms with Crippen LogP contribution in [0.25, 0.3) is 11.2 Å². The molecule has 2 aromatic rings. The Kier molecular flexibility index (Phi) is 3.24. The van der Waals surface area contributed by atoms with Gasteiger partial charge < -0.3 is 9.72 Å². The predicted molar refractivity (Wildman–Crippen MR) is 56.2 cm³/mol. The van der Waals surface area contributed by atoms with Crippen LogP contribution < -0.4 is 0 Å². The van der Waals surface area contributed by atoms with Gasteiger partial charge in [-0.1, -0.05) is 13.3 Å². The lowest BCUT2D eigenvalue weighted by atomic mass is 10.4. The van der Waals surface area contributed by atoms with Crippen LogP contribution in [0.15, 0.2) is 12.5 Å². The molecule has 0 saturated carbocycles. The van der Waals surface area contributed by atoms with Crippen LogP contribution in [0.1, 0.15) is 25.6 Å². The van der Waals surface area contributed by atoms with E-state index >= 15 is 0 Å². The Morgan fingerprint density at radius 3 is 3.20 bits per heavy atom. The fraction of sp³-hybridized carbons (Fsp3) is 0.500. The first-order chi connectivity index (χ1) is 7.40. The fourth-order valence-electron chi connectivity index (χ4n) is 1.25. The summed E-state index contributed by atoms with van der Waals surface area (Å²) < 4.78 is 5.42. The van der Waals surface area contributed by atoms with E-state index < -0.39 is 0 Å². The minimum absolute atomic E-state index is 0.461. The van der Waals surface area contributed by atoms with Crippen molar-refractivity contribution in [2.45, 2.75) is 26.4 Å². The van der Waals surface area contributed by atoms with Crippen LogP contribution in [-0.2, 0) is 11.3 Å². The number of H-pyrrole nitrogens is 1. The van der Waals surface area contributed by atoms with Crippen molar-refractivity contribution in [1.82, 2.24) is 19.9 Å². The highest BCUT2D eigenvalue weighted by Crippen LogP contribution is 2.04. The molecule has 0 fully saturated rings. The second-order valence-corrected chi connectivity index (χ2v) is 3.33. The van der Waals surface area contributed by atoms with Gasteiger partial charge in [0.15, 0.2) is 11.5 Å². The van der Waals surface area contributed by atoms with Crippen LogP contribution in [0.5, 0.6) is 0 Å². The van der Waals surface area contributed by atoms with Gasteiger partial charge in [-0.15, -0.1) is 0 Å². The summed E-state index contributed by atoms with van der Waals surface area (Å²) in [5.74, 6) is 0.686. The molecular formula is C10H14N4O. The number of hydrogen-bond acceptors (Lipinski definition) is 4. The van der Waals surface area contributed by atoms with Crippen LogP contribution in [0.4, 0.5) is 0 Å². The first-order valence-corrected chi connectivity index (χ1v) is 5.13. The summed E-state index contributed by atoms with van der Waals surface area (Å²) in [6.07, 6.45) is 5.55. The summed E-state index contributed by atoms with van der Waals surface area (Å²) in [7, 11) is 0. The number of fused-ring (bicyclic) bond motifs is 1. The van der Waals surface area contributed by atoms with Gasteiger partial charge in [-0.3, -0.25) is 0 Å². The summed E-state index contributed by atoms with van der Waals surface area (Å²) in [6, 6.07) is 0. The van der Waals surface area contributed by atoms with E-state index in [1.807, 2.05) is 0 Å². The number of rotatable bonds is 5. The largest absolute Gasteiger partial charge is 0.373 e. The number of hydrogen-bond donors (Lipinski definition) is 1. The van der Waals surface area contributed by atoms with Gasteiger partial charge in [0.1, 0.15) is 12.1 Å². The third-order valence-corrected chi connectivity index (χ3v) is 2.10. The van der Waals surface area contributed by atoms with Crippen LogP contribution in [-0.4, -0.2) is 26.5 Å². The Morgan fingerprint density at radius 1 is 1.40 bits per heavy atom. The maximum atomic E-state index is 5.42. The zero-order chi connectivity index (χ0) is 10.5. The molecular weight excluding hydrogens is 192 g/mol. The Balaban J connectivity index is 1.96. The molecule has 2 aromatic heterocycles. The zero-order valence-electron chi connectivity index (χ0n) is 8.73. The zero-order valence-corrected chi connectivity index (χ0v) is 8.73. The molecule has 5 heteroatoms. The highest BCUT2D eigenvalue weighted by Gasteiger charge is 2.01. The summed E-state index contributed by atoms with van der Waals surface area (Å²) in [5.41, 5.74) is 1.55. The van der Waals surface area contributed by atoms with Gasteiger partial charge in [-0.2, -0.15) is 0 Å². The van der Waals surface area contributed by atoms with E-state index in [-0.39, 0.29) is 0 Å². The second kappa shape index (κ2) is 4.84. The van der Waals surface area contributed by atoms with Gasteiger partial charge in [-0.25, -0.2) is 15.0 Å². The van der Waals surface area contributed by atoms with E-state index in [4.69, 9.17) is 4.74 Å². The van der Waals surface area contributed by atoms with E-state index in [9.17, 15) is 0 Å². The number of aromatic nitrogens is 4. The molecule has 0 aliphatic heterocycles. The van der Waals surface area contributed by atoms with Gasteiger partial charge >= 0.3 is 0 Å². The Bertz CT molecular complexity index is 426. The third kappa shape index (κ3) is 2.50. The average molecular weight is 206 g/mol. The Hall–Kier alpha value is -1.49. The molecule has 2 rings (SSSR count). The third-order valence-electron chi connectivity index (χ3n) is 2.10. The topological polar surface area (TPSA) is 63.7 Å². The van der Waals surface area contributed by atoms with Crippen LogP contribution in [0, 0.1) is 0 Å². The van der Waals surface area contributed by atoms with Crippen LogP contribution >= 0.6 is 0 Å². The molecule has 0 aliphatic rings. The molecule has 0 unspecified atom stereocenters. The molecule has 0 aliphatic carbocycles. The van der Waals surface area contributed by atoms with E-state index in [2.05, 4.69) is 26.9 Å². The van der Waals surface area contributed by atoms with E-state index in [0.29, 0.717) is 18.1 Å². The lowest BCUT2D eigenvalue weighted by Gasteiger charge is -2.01. The molecule has 0 bridgehead atoms. The van der Waals surface area contributed by atoms with Crippen molar-refractivity contribution in [1.29, 1.82) is 0 Å². The smallest absolute Gasteiger partial charge is 0.180 e. The van der Waals surface area contributed by atoms with E-state index in [1.165, 1.54) is 0 Å². The van der Waals surface area contributed by atoms with Crippen LogP contribution in [0.2, 0.25) is 0 Å². The number of unbranched alkanes of at least 4 members (excludes halogenated alkanes) is 1. The van der Waals surface area contributed by atoms with Gasteiger partial charge in [0.2, 0.25) is 0 Å². The fourth-order valence-corrected chi connectivity index (χ4v) is 1.25. The molecule has 15 heavy (non-hydrogen) atoms. The molecule has 5 nitrogen and oxygen atoms in total. The first-order valence-electron chi connectivity index (χ1n) is 5.13. The molecule has 0 spiro atoms. The number of nitrogens with zero attached hydrogens (tertiary/aromatic N) is 3. The van der Waals surface area contributed by atoms with Crippen molar-refractivity contribution in [3.05, 3.63) is 18.3 Å². The normalized spacial score (nSPS) is 11.0. The van der Waals surface area contributed by atoms with Gasteiger partial charge in [0.05, 0.1) is 12.5 Å². The van der Waals surface area contributed by atoms with Crippen molar-refractivity contribution >= 4 is 11.2 Å². The highest BCUT2D eigenvalue weighted by molar-refractivity contribution is 5.67. The standard InChI is InChI=1S/C10H14N4O/c1-2-3-4-15-6-9-11-5-8-10(14-9)13-7-12-8/h5,7H,2-4,6H2,1H3,(H,11,12,13,14). The molecule has 80 valence electrons. The van der Waals surface area contributed by atoms with Crippen LogP contribution in [0.3, 0.4) is 0 Å². The van der Waals surface area contributed by atoms with Crippen molar-refractivity contribution in [2.75, 3.05) is 6.61 Å². The summed E-state index contributed by atoms with van der Waals surface area (Å²) >= 11 is 0. The molecule has 0 saturated heterocycles. The number of imidazole rings is 1. The van der Waals surface area contributed by atoms with Crippen molar-refractivity contribution in [3.63, 3.8) is 0 Å². The second-order valence-electron chi connectivity index (χ2n) is 3.33. The predicted octanol–water partition coefficient (Wildman–Crippen LogP) is 1.67. The Labute approximate surface area is 87.9 Å². The summed E-state index contributed by atoms with van der Waals surface area (Å²) in [6.45, 7) is 3.36. The highest BCUT2D eigenvalue weighted by atomic mass is 16.5. The lowest BCUT2D eigenvalue weighted by Crippen LogP contribution is -2.00. The quantitative estimate of drug-likeness (QED) is 0.756. The Morgan fingerprint density at radius 2 is 2.33 bits per heavy atom. The average Bonchev–Trinajstić information content (AvgIpc) is 2.71. The molecule has 2 heterocycles. The van der Waals surface area contributed by atoms with Crippen molar-refractivity contribution in [3.8, 4) is 0 Å². The molecule has 0 aromatic carbocycles. The van der Waals surface area contributed by atoms with Gasteiger partial charge in [0, 0.05) is 6.61 Å². The minimum atomic E-state index is 0.461. The number of nitrogens with one attached hydrogen (secondary N) is 1. The molecule has 1 N–H and O–H groups in total. The SMILES string of the molecule is CCCCOCc1ncc2[nH]cnc2n1.